The molecule has 0 aliphatic rings. The van der Waals surface area contributed by atoms with E-state index in [1.54, 1.807) is 0 Å². The van der Waals surface area contributed by atoms with Crippen LogP contribution in [0.1, 0.15) is 0 Å². The molecular formula is C5H12NO5P. The number of nitrogens with two attached hydrogens (primary N) is 1. The van der Waals surface area contributed by atoms with Gasteiger partial charge in [-0.3, -0.25) is 4.57 Å². The van der Waals surface area contributed by atoms with Gasteiger partial charge in [-0.15, -0.1) is 0 Å². The molecule has 1 atom stereocenters. The molecule has 0 spiro atoms. The summed E-state index contributed by atoms with van der Waals surface area (Å²) in [7, 11) is -0.113. The Kier molecular flexibility index (Phi) is 4.41. The Morgan fingerprint density at radius 2 is 1.75 bits per heavy atom. The first kappa shape index (κ1) is 11.6. The fraction of sp³-hybridized carbons (Fsp3) is 0.800. The van der Waals surface area contributed by atoms with Gasteiger partial charge in [0, 0.05) is 14.2 Å². The zero-order valence-corrected chi connectivity index (χ0v) is 8.04. The van der Waals surface area contributed by atoms with Gasteiger partial charge < -0.3 is 19.5 Å². The zero-order chi connectivity index (χ0) is 9.78. The van der Waals surface area contributed by atoms with Crippen LogP contribution in [0.25, 0.3) is 0 Å². The van der Waals surface area contributed by atoms with E-state index in [9.17, 15) is 9.36 Å². The van der Waals surface area contributed by atoms with Crippen LogP contribution in [0.2, 0.25) is 0 Å². The van der Waals surface area contributed by atoms with Crippen LogP contribution in [0, 0.1) is 0 Å². The van der Waals surface area contributed by atoms with Crippen LogP contribution in [0.15, 0.2) is 0 Å². The second-order valence-corrected chi connectivity index (χ2v) is 4.24. The SMILES string of the molecule is COC(=O)[C@H](N)P(=O)(OC)OC. The summed E-state index contributed by atoms with van der Waals surface area (Å²) in [4.78, 5) is 10.8. The summed E-state index contributed by atoms with van der Waals surface area (Å²) in [6, 6.07) is 0. The molecule has 0 saturated heterocycles. The minimum atomic E-state index is -3.54. The van der Waals surface area contributed by atoms with Gasteiger partial charge in [-0.05, 0) is 0 Å². The van der Waals surface area contributed by atoms with Gasteiger partial charge in [0.15, 0.2) is 0 Å². The van der Waals surface area contributed by atoms with Crippen molar-refractivity contribution < 1.29 is 23.1 Å². The monoisotopic (exact) mass is 197 g/mol. The number of methoxy groups -OCH3 is 1. The maximum atomic E-state index is 11.4. The Morgan fingerprint density at radius 3 is 2.00 bits per heavy atom. The summed E-state index contributed by atoms with van der Waals surface area (Å²) in [5.41, 5.74) is 5.24. The number of rotatable bonds is 4. The third kappa shape index (κ3) is 2.28. The Labute approximate surface area is 70.5 Å². The minimum Gasteiger partial charge on any atom is -0.467 e. The van der Waals surface area contributed by atoms with E-state index < -0.39 is 19.3 Å². The molecule has 0 aliphatic heterocycles. The lowest BCUT2D eigenvalue weighted by atomic mass is 10.7. The van der Waals surface area contributed by atoms with Gasteiger partial charge in [-0.25, -0.2) is 4.79 Å². The third-order valence-electron chi connectivity index (χ3n) is 1.29. The van der Waals surface area contributed by atoms with E-state index >= 15 is 0 Å². The number of carbonyl (C=O) groups excluding carboxylic acids is 1. The van der Waals surface area contributed by atoms with Gasteiger partial charge in [-0.2, -0.15) is 0 Å². The lowest BCUT2D eigenvalue weighted by Crippen LogP contribution is -2.32. The number of ether oxygens (including phenoxy) is 1. The van der Waals surface area contributed by atoms with Crippen molar-refractivity contribution >= 4 is 13.6 Å². The first-order valence-electron chi connectivity index (χ1n) is 3.06. The molecule has 0 heterocycles. The highest BCUT2D eigenvalue weighted by molar-refractivity contribution is 7.55. The van der Waals surface area contributed by atoms with Crippen molar-refractivity contribution in [1.82, 2.24) is 0 Å². The van der Waals surface area contributed by atoms with E-state index in [0.29, 0.717) is 0 Å². The molecule has 0 aromatic carbocycles. The van der Waals surface area contributed by atoms with E-state index in [1.165, 1.54) is 0 Å². The molecule has 72 valence electrons. The lowest BCUT2D eigenvalue weighted by molar-refractivity contribution is -0.140. The third-order valence-corrected chi connectivity index (χ3v) is 3.20. The second-order valence-electron chi connectivity index (χ2n) is 1.87. The van der Waals surface area contributed by atoms with Gasteiger partial charge in [-0.1, -0.05) is 0 Å². The Bertz CT molecular complexity index is 198. The maximum absolute atomic E-state index is 11.4. The molecule has 0 aromatic rings. The predicted octanol–water partition coefficient (Wildman–Crippen LogP) is -0.0699. The molecule has 0 saturated carbocycles. The summed E-state index contributed by atoms with van der Waals surface area (Å²) in [5, 5.41) is 0. The van der Waals surface area contributed by atoms with Crippen molar-refractivity contribution in [2.75, 3.05) is 21.3 Å². The normalized spacial score (nSPS) is 14.0. The highest BCUT2D eigenvalue weighted by atomic mass is 31.2. The first-order chi connectivity index (χ1) is 5.51. The highest BCUT2D eigenvalue weighted by Crippen LogP contribution is 2.49. The van der Waals surface area contributed by atoms with E-state index in [0.717, 1.165) is 21.3 Å². The molecule has 0 bridgehead atoms. The van der Waals surface area contributed by atoms with Crippen LogP contribution in [-0.4, -0.2) is 33.1 Å². The van der Waals surface area contributed by atoms with E-state index in [1.807, 2.05) is 0 Å². The van der Waals surface area contributed by atoms with Crippen molar-refractivity contribution in [2.24, 2.45) is 5.73 Å². The summed E-state index contributed by atoms with van der Waals surface area (Å²) in [6.45, 7) is 0. The van der Waals surface area contributed by atoms with Crippen LogP contribution >= 0.6 is 7.60 Å². The summed E-state index contributed by atoms with van der Waals surface area (Å²) < 4.78 is 24.6. The molecular weight excluding hydrogens is 185 g/mol. The van der Waals surface area contributed by atoms with Crippen molar-refractivity contribution in [2.45, 2.75) is 5.78 Å². The van der Waals surface area contributed by atoms with Crippen molar-refractivity contribution in [1.29, 1.82) is 0 Å². The summed E-state index contributed by atoms with van der Waals surface area (Å²) in [6.07, 6.45) is 0. The van der Waals surface area contributed by atoms with Gasteiger partial charge in [0.1, 0.15) is 0 Å². The fourth-order valence-corrected chi connectivity index (χ4v) is 1.52. The van der Waals surface area contributed by atoms with Crippen LogP contribution in [0.5, 0.6) is 0 Å². The average Bonchev–Trinajstić information content (AvgIpc) is 2.14. The predicted molar refractivity (Wildman–Crippen MR) is 41.6 cm³/mol. The molecule has 0 unspecified atom stereocenters. The molecule has 0 radical (unpaired) electrons. The first-order valence-corrected chi connectivity index (χ1v) is 4.67. The average molecular weight is 197 g/mol. The quantitative estimate of drug-likeness (QED) is 0.501. The maximum Gasteiger partial charge on any atom is 0.358 e. The summed E-state index contributed by atoms with van der Waals surface area (Å²) >= 11 is 0. The van der Waals surface area contributed by atoms with Crippen molar-refractivity contribution in [3.8, 4) is 0 Å². The molecule has 0 aromatic heterocycles. The number of hydrogen-bond acceptors (Lipinski definition) is 6. The fourth-order valence-electron chi connectivity index (χ4n) is 0.552. The van der Waals surface area contributed by atoms with Crippen LogP contribution in [0.4, 0.5) is 0 Å². The van der Waals surface area contributed by atoms with Crippen LogP contribution in [0.3, 0.4) is 0 Å². The molecule has 0 amide bonds. The number of carbonyl (C=O) groups is 1. The van der Waals surface area contributed by atoms with E-state index in [-0.39, 0.29) is 0 Å². The van der Waals surface area contributed by atoms with Crippen molar-refractivity contribution in [3.63, 3.8) is 0 Å². The second kappa shape index (κ2) is 4.57. The molecule has 0 fully saturated rings. The summed E-state index contributed by atoms with van der Waals surface area (Å²) in [5.74, 6) is -2.22. The topological polar surface area (TPSA) is 87.9 Å². The lowest BCUT2D eigenvalue weighted by Gasteiger charge is -2.17. The molecule has 0 rings (SSSR count). The van der Waals surface area contributed by atoms with Gasteiger partial charge in [0.05, 0.1) is 7.11 Å². The Morgan fingerprint density at radius 1 is 1.33 bits per heavy atom. The molecule has 6 nitrogen and oxygen atoms in total. The smallest absolute Gasteiger partial charge is 0.358 e. The van der Waals surface area contributed by atoms with Gasteiger partial charge in [0.25, 0.3) is 0 Å². The van der Waals surface area contributed by atoms with Crippen LogP contribution < -0.4 is 5.73 Å². The molecule has 12 heavy (non-hydrogen) atoms. The number of hydrogen-bond donors (Lipinski definition) is 1. The van der Waals surface area contributed by atoms with Crippen molar-refractivity contribution in [3.05, 3.63) is 0 Å². The number of esters is 1. The Balaban J connectivity index is 4.53. The van der Waals surface area contributed by atoms with E-state index in [4.69, 9.17) is 5.73 Å². The zero-order valence-electron chi connectivity index (χ0n) is 7.14. The molecule has 7 heteroatoms. The molecule has 2 N–H and O–H groups in total. The van der Waals surface area contributed by atoms with Gasteiger partial charge >= 0.3 is 13.6 Å². The minimum absolute atomic E-state index is 0.831. The standard InChI is InChI=1S/C5H12NO5P/c1-9-5(7)4(6)12(8,10-2)11-3/h4H,6H2,1-3H3/t4-/m1/s1. The largest absolute Gasteiger partial charge is 0.467 e. The Hall–Kier alpha value is -0.420. The van der Waals surface area contributed by atoms with Gasteiger partial charge in [0.2, 0.25) is 5.78 Å². The highest BCUT2D eigenvalue weighted by Gasteiger charge is 2.37. The van der Waals surface area contributed by atoms with Crippen LogP contribution in [-0.2, 0) is 23.1 Å². The molecule has 0 aliphatic carbocycles. The van der Waals surface area contributed by atoms with E-state index in [2.05, 4.69) is 13.8 Å².